The van der Waals surface area contributed by atoms with Crippen molar-refractivity contribution in [3.63, 3.8) is 0 Å². The zero-order valence-corrected chi connectivity index (χ0v) is 10.4. The van der Waals surface area contributed by atoms with Crippen LogP contribution in [0.1, 0.15) is 31.2 Å². The van der Waals surface area contributed by atoms with E-state index >= 15 is 0 Å². The highest BCUT2D eigenvalue weighted by molar-refractivity contribution is 5.47. The standard InChI is InChI=1S/C13H13F2NO3/c1-19-9-6-8(10(14)12(18)11(9)15)13(16-7-17)4-2-3-5-13/h6,18H,2-5H2,1H3. The van der Waals surface area contributed by atoms with Gasteiger partial charge in [-0.15, -0.1) is 0 Å². The second-order valence-corrected chi connectivity index (χ2v) is 4.54. The van der Waals surface area contributed by atoms with Crippen LogP contribution in [0.15, 0.2) is 11.1 Å². The van der Waals surface area contributed by atoms with E-state index in [0.29, 0.717) is 12.8 Å². The summed E-state index contributed by atoms with van der Waals surface area (Å²) in [6.07, 6.45) is 3.88. The van der Waals surface area contributed by atoms with Crippen molar-refractivity contribution in [2.45, 2.75) is 31.2 Å². The first kappa shape index (κ1) is 13.5. The van der Waals surface area contributed by atoms with Crippen LogP contribution in [0.25, 0.3) is 0 Å². The minimum Gasteiger partial charge on any atom is -0.503 e. The van der Waals surface area contributed by atoms with E-state index < -0.39 is 22.9 Å². The van der Waals surface area contributed by atoms with Crippen LogP contribution in [0.2, 0.25) is 0 Å². The van der Waals surface area contributed by atoms with Crippen molar-refractivity contribution in [3.05, 3.63) is 23.3 Å². The van der Waals surface area contributed by atoms with Gasteiger partial charge in [-0.25, -0.2) is 9.18 Å². The topological polar surface area (TPSA) is 58.9 Å². The Morgan fingerprint density at radius 1 is 1.37 bits per heavy atom. The van der Waals surface area contributed by atoms with Gasteiger partial charge >= 0.3 is 0 Å². The molecule has 1 aliphatic rings. The number of rotatable bonds is 3. The number of hydrogen-bond donors (Lipinski definition) is 1. The summed E-state index contributed by atoms with van der Waals surface area (Å²) in [5, 5.41) is 9.47. The number of aromatic hydroxyl groups is 1. The van der Waals surface area contributed by atoms with E-state index in [0.717, 1.165) is 18.9 Å². The molecule has 0 unspecified atom stereocenters. The third kappa shape index (κ3) is 2.08. The van der Waals surface area contributed by atoms with Gasteiger partial charge < -0.3 is 9.84 Å². The second-order valence-electron chi connectivity index (χ2n) is 4.54. The monoisotopic (exact) mass is 269 g/mol. The number of phenolic OH excluding ortho intramolecular Hbond substituents is 1. The molecule has 1 N–H and O–H groups in total. The van der Waals surface area contributed by atoms with E-state index in [1.165, 1.54) is 13.2 Å². The number of methoxy groups -OCH3 is 1. The summed E-state index contributed by atoms with van der Waals surface area (Å²) >= 11 is 0. The van der Waals surface area contributed by atoms with E-state index in [9.17, 15) is 18.7 Å². The van der Waals surface area contributed by atoms with Crippen LogP contribution in [-0.2, 0) is 10.3 Å². The molecule has 19 heavy (non-hydrogen) atoms. The first-order valence-corrected chi connectivity index (χ1v) is 5.90. The molecule has 4 nitrogen and oxygen atoms in total. The van der Waals surface area contributed by atoms with E-state index in [1.54, 1.807) is 0 Å². The lowest BCUT2D eigenvalue weighted by molar-refractivity contribution is 0.336. The second kappa shape index (κ2) is 4.97. The maximum absolute atomic E-state index is 14.1. The first-order valence-electron chi connectivity index (χ1n) is 5.90. The Morgan fingerprint density at radius 3 is 2.53 bits per heavy atom. The molecule has 2 rings (SSSR count). The fourth-order valence-corrected chi connectivity index (χ4v) is 2.57. The maximum atomic E-state index is 14.1. The number of halogens is 2. The zero-order valence-electron chi connectivity index (χ0n) is 10.4. The van der Waals surface area contributed by atoms with Crippen molar-refractivity contribution in [3.8, 4) is 11.5 Å². The van der Waals surface area contributed by atoms with Gasteiger partial charge in [0, 0.05) is 5.56 Å². The number of carbonyl (C=O) groups excluding carboxylic acids is 1. The molecule has 6 heteroatoms. The Bertz CT molecular complexity index is 547. The summed E-state index contributed by atoms with van der Waals surface area (Å²) in [5.41, 5.74) is -1.10. The van der Waals surface area contributed by atoms with Crippen LogP contribution in [0.5, 0.6) is 11.5 Å². The number of hydrogen-bond acceptors (Lipinski definition) is 4. The maximum Gasteiger partial charge on any atom is 0.235 e. The molecule has 1 aromatic rings. The quantitative estimate of drug-likeness (QED) is 0.678. The molecule has 0 aliphatic heterocycles. The molecule has 1 aliphatic carbocycles. The van der Waals surface area contributed by atoms with Gasteiger partial charge in [0.05, 0.1) is 7.11 Å². The third-order valence-corrected chi connectivity index (χ3v) is 3.56. The van der Waals surface area contributed by atoms with Crippen LogP contribution in [0.4, 0.5) is 8.78 Å². The minimum atomic E-state index is -1.16. The van der Waals surface area contributed by atoms with Crippen LogP contribution in [0.3, 0.4) is 0 Å². The Balaban J connectivity index is 2.67. The lowest BCUT2D eigenvalue weighted by Crippen LogP contribution is -2.21. The molecule has 102 valence electrons. The highest BCUT2D eigenvalue weighted by Gasteiger charge is 2.40. The molecule has 0 heterocycles. The van der Waals surface area contributed by atoms with Crippen LogP contribution >= 0.6 is 0 Å². The fraction of sp³-hybridized carbons (Fsp3) is 0.462. The Morgan fingerprint density at radius 2 is 2.00 bits per heavy atom. The normalized spacial score (nSPS) is 17.0. The molecule has 0 saturated heterocycles. The molecule has 1 saturated carbocycles. The first-order chi connectivity index (χ1) is 9.05. The predicted molar refractivity (Wildman–Crippen MR) is 62.8 cm³/mol. The van der Waals surface area contributed by atoms with Gasteiger partial charge in [0.2, 0.25) is 11.9 Å². The van der Waals surface area contributed by atoms with Crippen LogP contribution < -0.4 is 4.74 Å². The largest absolute Gasteiger partial charge is 0.503 e. The summed E-state index contributed by atoms with van der Waals surface area (Å²) in [7, 11) is 1.21. The van der Waals surface area contributed by atoms with Crippen molar-refractivity contribution in [1.29, 1.82) is 0 Å². The Labute approximate surface area is 108 Å². The summed E-state index contributed by atoms with van der Waals surface area (Å²) < 4.78 is 32.3. The van der Waals surface area contributed by atoms with Crippen LogP contribution in [0, 0.1) is 11.6 Å². The number of benzene rings is 1. The predicted octanol–water partition coefficient (Wildman–Crippen LogP) is 2.78. The number of isocyanates is 1. The highest BCUT2D eigenvalue weighted by Crippen LogP contribution is 2.46. The number of nitrogens with zero attached hydrogens (tertiary/aromatic N) is 1. The SMILES string of the molecule is COc1cc(C2(N=C=O)CCCC2)c(F)c(O)c1F. The van der Waals surface area contributed by atoms with Crippen molar-refractivity contribution in [1.82, 2.24) is 0 Å². The molecular weight excluding hydrogens is 256 g/mol. The molecule has 0 atom stereocenters. The van der Waals surface area contributed by atoms with E-state index in [2.05, 4.69) is 4.99 Å². The number of phenols is 1. The zero-order chi connectivity index (χ0) is 14.0. The van der Waals surface area contributed by atoms with Gasteiger partial charge in [-0.3, -0.25) is 0 Å². The minimum absolute atomic E-state index is 0.0240. The van der Waals surface area contributed by atoms with E-state index in [1.807, 2.05) is 0 Å². The summed E-state index contributed by atoms with van der Waals surface area (Å²) in [6, 6.07) is 1.15. The Hall–Kier alpha value is -1.94. The van der Waals surface area contributed by atoms with Gasteiger partial charge in [-0.1, -0.05) is 12.8 Å². The number of aliphatic imine (C=N–C) groups is 1. The third-order valence-electron chi connectivity index (χ3n) is 3.56. The van der Waals surface area contributed by atoms with Gasteiger partial charge in [0.25, 0.3) is 0 Å². The van der Waals surface area contributed by atoms with Gasteiger partial charge in [-0.05, 0) is 18.9 Å². The van der Waals surface area contributed by atoms with Crippen molar-refractivity contribution in [2.24, 2.45) is 4.99 Å². The van der Waals surface area contributed by atoms with Crippen molar-refractivity contribution < 1.29 is 23.4 Å². The smallest absolute Gasteiger partial charge is 0.235 e. The van der Waals surface area contributed by atoms with Crippen molar-refractivity contribution >= 4 is 6.08 Å². The van der Waals surface area contributed by atoms with E-state index in [4.69, 9.17) is 4.74 Å². The molecule has 0 bridgehead atoms. The highest BCUT2D eigenvalue weighted by atomic mass is 19.1. The van der Waals surface area contributed by atoms with E-state index in [-0.39, 0.29) is 11.3 Å². The lowest BCUT2D eigenvalue weighted by Gasteiger charge is -2.24. The number of ether oxygens (including phenoxy) is 1. The molecule has 1 fully saturated rings. The van der Waals surface area contributed by atoms with Gasteiger partial charge in [0.1, 0.15) is 5.54 Å². The average molecular weight is 269 g/mol. The molecule has 1 aromatic carbocycles. The molecule has 0 radical (unpaired) electrons. The fourth-order valence-electron chi connectivity index (χ4n) is 2.57. The summed E-state index contributed by atoms with van der Waals surface area (Å²) in [5.74, 6) is -3.64. The Kier molecular flexibility index (Phi) is 3.53. The molecule has 0 aromatic heterocycles. The molecular formula is C13H13F2NO3. The van der Waals surface area contributed by atoms with Gasteiger partial charge in [-0.2, -0.15) is 9.38 Å². The van der Waals surface area contributed by atoms with Gasteiger partial charge in [0.15, 0.2) is 17.3 Å². The summed E-state index contributed by atoms with van der Waals surface area (Å²) in [6.45, 7) is 0. The molecule has 0 amide bonds. The summed E-state index contributed by atoms with van der Waals surface area (Å²) in [4.78, 5) is 14.3. The van der Waals surface area contributed by atoms with Crippen LogP contribution in [-0.4, -0.2) is 18.3 Å². The molecule has 0 spiro atoms. The van der Waals surface area contributed by atoms with Crippen molar-refractivity contribution in [2.75, 3.05) is 7.11 Å². The average Bonchev–Trinajstić information content (AvgIpc) is 2.86. The lowest BCUT2D eigenvalue weighted by atomic mass is 9.88.